The third-order valence-corrected chi connectivity index (χ3v) is 6.66. The SMILES string of the molecule is CN1CC2(CCCCc3ccccc3OCC1=O)CCN(C(=O)c1cn(C)nn1)CC2. The number of carbonyl (C=O) groups excluding carboxylic acids is 2. The molecule has 0 atom stereocenters. The number of benzene rings is 1. The second-order valence-corrected chi connectivity index (χ2v) is 8.92. The Morgan fingerprint density at radius 3 is 2.61 bits per heavy atom. The molecule has 0 N–H and O–H groups in total. The maximum absolute atomic E-state index is 12.8. The van der Waals surface area contributed by atoms with Crippen molar-refractivity contribution in [3.05, 3.63) is 41.7 Å². The fourth-order valence-corrected chi connectivity index (χ4v) is 4.79. The predicted molar refractivity (Wildman–Crippen MR) is 116 cm³/mol. The smallest absolute Gasteiger partial charge is 0.276 e. The highest BCUT2D eigenvalue weighted by molar-refractivity contribution is 5.92. The summed E-state index contributed by atoms with van der Waals surface area (Å²) in [6.07, 6.45) is 7.61. The quantitative estimate of drug-likeness (QED) is 0.700. The van der Waals surface area contributed by atoms with Crippen LogP contribution in [0.3, 0.4) is 0 Å². The zero-order valence-corrected chi connectivity index (χ0v) is 18.4. The summed E-state index contributed by atoms with van der Waals surface area (Å²) in [6, 6.07) is 8.00. The fourth-order valence-electron chi connectivity index (χ4n) is 4.79. The second kappa shape index (κ2) is 9.08. The number of hydrogen-bond acceptors (Lipinski definition) is 5. The monoisotopic (exact) mass is 425 g/mol. The molecule has 0 radical (unpaired) electrons. The summed E-state index contributed by atoms with van der Waals surface area (Å²) in [7, 11) is 3.62. The number of nitrogens with zero attached hydrogens (tertiary/aromatic N) is 5. The van der Waals surface area contributed by atoms with Crippen molar-refractivity contribution in [1.29, 1.82) is 0 Å². The molecule has 1 aromatic heterocycles. The molecule has 0 unspecified atom stereocenters. The lowest BCUT2D eigenvalue weighted by molar-refractivity contribution is -0.134. The standard InChI is InChI=1S/C23H31N5O3/c1-26-17-23(11-13-28(14-12-23)22(30)19-15-27(2)25-24-19)10-6-5-8-18-7-3-4-9-20(18)31-16-21(26)29/h3-4,7,9,15H,5-6,8,10-14,16-17H2,1-2H3. The average molecular weight is 426 g/mol. The zero-order chi connectivity index (χ0) is 21.8. The first-order chi connectivity index (χ1) is 15.0. The number of aromatic nitrogens is 3. The van der Waals surface area contributed by atoms with E-state index in [2.05, 4.69) is 16.4 Å². The minimum absolute atomic E-state index is 0.00665. The number of likely N-dealkylation sites (tertiary alicyclic amines) is 1. The van der Waals surface area contributed by atoms with E-state index in [-0.39, 0.29) is 23.8 Å². The first kappa shape index (κ1) is 21.3. The summed E-state index contributed by atoms with van der Waals surface area (Å²) in [5, 5.41) is 7.83. The summed E-state index contributed by atoms with van der Waals surface area (Å²) < 4.78 is 7.41. The Kier molecular flexibility index (Phi) is 6.25. The number of hydrogen-bond donors (Lipinski definition) is 0. The van der Waals surface area contributed by atoms with Crippen LogP contribution in [-0.2, 0) is 18.3 Å². The van der Waals surface area contributed by atoms with Gasteiger partial charge in [0.15, 0.2) is 12.3 Å². The van der Waals surface area contributed by atoms with Crippen LogP contribution in [-0.4, -0.2) is 69.9 Å². The van der Waals surface area contributed by atoms with Crippen molar-refractivity contribution in [1.82, 2.24) is 24.8 Å². The molecule has 2 aliphatic heterocycles. The van der Waals surface area contributed by atoms with Crippen molar-refractivity contribution in [2.24, 2.45) is 12.5 Å². The van der Waals surface area contributed by atoms with Crippen LogP contribution >= 0.6 is 0 Å². The summed E-state index contributed by atoms with van der Waals surface area (Å²) in [5.41, 5.74) is 1.58. The van der Waals surface area contributed by atoms with Crippen molar-refractivity contribution in [2.45, 2.75) is 38.5 Å². The van der Waals surface area contributed by atoms with Gasteiger partial charge in [-0.3, -0.25) is 14.3 Å². The molecule has 0 saturated carbocycles. The van der Waals surface area contributed by atoms with Crippen LogP contribution in [0.2, 0.25) is 0 Å². The van der Waals surface area contributed by atoms with Gasteiger partial charge in [0.25, 0.3) is 11.8 Å². The number of carbonyl (C=O) groups is 2. The van der Waals surface area contributed by atoms with Gasteiger partial charge in [-0.1, -0.05) is 29.8 Å². The maximum Gasteiger partial charge on any atom is 0.276 e. The van der Waals surface area contributed by atoms with Crippen LogP contribution in [0.1, 0.15) is 48.2 Å². The molecule has 2 amide bonds. The third kappa shape index (κ3) is 4.89. The Morgan fingerprint density at radius 2 is 1.87 bits per heavy atom. The van der Waals surface area contributed by atoms with Gasteiger partial charge in [-0.05, 0) is 49.1 Å². The number of rotatable bonds is 1. The van der Waals surface area contributed by atoms with E-state index in [4.69, 9.17) is 4.74 Å². The van der Waals surface area contributed by atoms with E-state index in [0.717, 1.165) is 49.8 Å². The second-order valence-electron chi connectivity index (χ2n) is 8.92. The Labute approximate surface area is 183 Å². The first-order valence-electron chi connectivity index (χ1n) is 11.1. The molecule has 166 valence electrons. The molecule has 31 heavy (non-hydrogen) atoms. The van der Waals surface area contributed by atoms with E-state index < -0.39 is 0 Å². The molecule has 8 nitrogen and oxygen atoms in total. The van der Waals surface area contributed by atoms with Crippen molar-refractivity contribution >= 4 is 11.8 Å². The van der Waals surface area contributed by atoms with Gasteiger partial charge in [-0.15, -0.1) is 5.10 Å². The Hall–Kier alpha value is -2.90. The number of para-hydroxylation sites is 1. The lowest BCUT2D eigenvalue weighted by Gasteiger charge is -2.44. The number of likely N-dealkylation sites (N-methyl/N-ethyl adjacent to an activating group) is 1. The highest BCUT2D eigenvalue weighted by Crippen LogP contribution is 2.38. The van der Waals surface area contributed by atoms with Crippen LogP contribution in [0.15, 0.2) is 30.5 Å². The fraction of sp³-hybridized carbons (Fsp3) is 0.565. The molecule has 1 spiro atoms. The highest BCUT2D eigenvalue weighted by Gasteiger charge is 2.38. The van der Waals surface area contributed by atoms with E-state index in [1.165, 1.54) is 0 Å². The molecular formula is C23H31N5O3. The van der Waals surface area contributed by atoms with Crippen LogP contribution in [0.25, 0.3) is 0 Å². The number of fused-ring (bicyclic) bond motifs is 1. The molecule has 0 bridgehead atoms. The lowest BCUT2D eigenvalue weighted by Crippen LogP contribution is -2.49. The van der Waals surface area contributed by atoms with Gasteiger partial charge >= 0.3 is 0 Å². The van der Waals surface area contributed by atoms with Crippen LogP contribution < -0.4 is 4.74 Å². The Bertz CT molecular complexity index is 933. The molecule has 2 aromatic rings. The Balaban J connectivity index is 1.44. The van der Waals surface area contributed by atoms with Crippen molar-refractivity contribution in [2.75, 3.05) is 33.3 Å². The van der Waals surface area contributed by atoms with E-state index in [0.29, 0.717) is 25.3 Å². The van der Waals surface area contributed by atoms with Gasteiger partial charge in [0.1, 0.15) is 5.75 Å². The molecule has 0 aliphatic carbocycles. The van der Waals surface area contributed by atoms with Gasteiger partial charge in [0.05, 0.1) is 6.20 Å². The topological polar surface area (TPSA) is 80.6 Å². The molecular weight excluding hydrogens is 394 g/mol. The summed E-state index contributed by atoms with van der Waals surface area (Å²) in [6.45, 7) is 2.11. The van der Waals surface area contributed by atoms with E-state index >= 15 is 0 Å². The third-order valence-electron chi connectivity index (χ3n) is 6.66. The number of amides is 2. The predicted octanol–water partition coefficient (Wildman–Crippen LogP) is 2.30. The molecule has 4 rings (SSSR count). The maximum atomic E-state index is 12.8. The largest absolute Gasteiger partial charge is 0.483 e. The number of ether oxygens (including phenoxy) is 1. The molecule has 1 fully saturated rings. The summed E-state index contributed by atoms with van der Waals surface area (Å²) >= 11 is 0. The zero-order valence-electron chi connectivity index (χ0n) is 18.4. The van der Waals surface area contributed by atoms with E-state index in [9.17, 15) is 9.59 Å². The highest BCUT2D eigenvalue weighted by atomic mass is 16.5. The normalized spacial score (nSPS) is 19.9. The molecule has 8 heteroatoms. The minimum Gasteiger partial charge on any atom is -0.483 e. The van der Waals surface area contributed by atoms with Gasteiger partial charge in [0.2, 0.25) is 0 Å². The molecule has 1 aromatic carbocycles. The van der Waals surface area contributed by atoms with Gasteiger partial charge in [-0.25, -0.2) is 0 Å². The number of aryl methyl sites for hydroxylation is 2. The number of piperidine rings is 1. The van der Waals surface area contributed by atoms with Crippen LogP contribution in [0, 0.1) is 5.41 Å². The van der Waals surface area contributed by atoms with E-state index in [1.807, 2.05) is 35.0 Å². The van der Waals surface area contributed by atoms with Gasteiger partial charge in [0, 0.05) is 33.7 Å². The van der Waals surface area contributed by atoms with Gasteiger partial charge in [-0.2, -0.15) is 0 Å². The van der Waals surface area contributed by atoms with Crippen LogP contribution in [0.4, 0.5) is 0 Å². The van der Waals surface area contributed by atoms with Crippen molar-refractivity contribution in [3.63, 3.8) is 0 Å². The molecule has 2 aliphatic rings. The summed E-state index contributed by atoms with van der Waals surface area (Å²) in [5.74, 6) is 0.744. The van der Waals surface area contributed by atoms with Gasteiger partial charge < -0.3 is 14.5 Å². The van der Waals surface area contributed by atoms with Crippen molar-refractivity contribution < 1.29 is 14.3 Å². The van der Waals surface area contributed by atoms with Crippen molar-refractivity contribution in [3.8, 4) is 5.75 Å². The van der Waals surface area contributed by atoms with Crippen LogP contribution in [0.5, 0.6) is 5.75 Å². The Morgan fingerprint density at radius 1 is 1.10 bits per heavy atom. The first-order valence-corrected chi connectivity index (χ1v) is 11.1. The van der Waals surface area contributed by atoms with E-state index in [1.54, 1.807) is 17.9 Å². The molecule has 1 saturated heterocycles. The summed E-state index contributed by atoms with van der Waals surface area (Å²) in [4.78, 5) is 29.2. The lowest BCUT2D eigenvalue weighted by atomic mass is 9.73. The minimum atomic E-state index is -0.0643. The average Bonchev–Trinajstić information content (AvgIpc) is 3.21. The molecule has 3 heterocycles.